The van der Waals surface area contributed by atoms with Gasteiger partial charge in [-0.3, -0.25) is 4.90 Å². The summed E-state index contributed by atoms with van der Waals surface area (Å²) in [5.74, 6) is 3.13. The standard InChI is InChI=1S/C17H30N2/c1-2-17(3-1)19-11-15(8-13-4-5-13)9-16(12-19)18-10-14-6-7-14/h13-18H,1-12H2. The molecule has 0 bridgehead atoms. The zero-order valence-electron chi connectivity index (χ0n) is 12.3. The van der Waals surface area contributed by atoms with Gasteiger partial charge >= 0.3 is 0 Å². The van der Waals surface area contributed by atoms with Crippen molar-refractivity contribution in [1.82, 2.24) is 10.2 Å². The molecular formula is C17H30N2. The predicted octanol–water partition coefficient (Wildman–Crippen LogP) is 3.03. The van der Waals surface area contributed by atoms with Crippen molar-refractivity contribution in [3.8, 4) is 0 Å². The molecule has 0 aromatic rings. The monoisotopic (exact) mass is 262 g/mol. The van der Waals surface area contributed by atoms with E-state index in [1.807, 2.05) is 0 Å². The highest BCUT2D eigenvalue weighted by atomic mass is 15.2. The van der Waals surface area contributed by atoms with Gasteiger partial charge in [0.15, 0.2) is 0 Å². The van der Waals surface area contributed by atoms with E-state index in [0.29, 0.717) is 0 Å². The first-order chi connectivity index (χ1) is 9.37. The second-order valence-electron chi connectivity index (χ2n) is 7.87. The summed E-state index contributed by atoms with van der Waals surface area (Å²) in [6.45, 7) is 4.07. The summed E-state index contributed by atoms with van der Waals surface area (Å²) in [5, 5.41) is 3.90. The van der Waals surface area contributed by atoms with Crippen molar-refractivity contribution in [2.45, 2.75) is 69.9 Å². The number of rotatable bonds is 6. The second kappa shape index (κ2) is 5.37. The lowest BCUT2D eigenvalue weighted by molar-refractivity contribution is 0.0544. The summed E-state index contributed by atoms with van der Waals surface area (Å²) in [6.07, 6.45) is 13.5. The fraction of sp³-hybridized carbons (Fsp3) is 1.00. The minimum atomic E-state index is 0.804. The van der Waals surface area contributed by atoms with Crippen LogP contribution in [0.5, 0.6) is 0 Å². The number of hydrogen-bond donors (Lipinski definition) is 1. The summed E-state index contributed by atoms with van der Waals surface area (Å²) in [7, 11) is 0. The van der Waals surface area contributed by atoms with Crippen molar-refractivity contribution >= 4 is 0 Å². The van der Waals surface area contributed by atoms with E-state index in [1.165, 1.54) is 77.4 Å². The number of nitrogens with zero attached hydrogens (tertiary/aromatic N) is 1. The molecule has 4 rings (SSSR count). The van der Waals surface area contributed by atoms with Crippen LogP contribution >= 0.6 is 0 Å². The van der Waals surface area contributed by atoms with Crippen molar-refractivity contribution in [1.29, 1.82) is 0 Å². The predicted molar refractivity (Wildman–Crippen MR) is 79.2 cm³/mol. The van der Waals surface area contributed by atoms with Gasteiger partial charge in [0.1, 0.15) is 0 Å². The maximum atomic E-state index is 3.90. The lowest BCUT2D eigenvalue weighted by Gasteiger charge is -2.45. The fourth-order valence-electron chi connectivity index (χ4n) is 4.09. The maximum absolute atomic E-state index is 3.90. The molecule has 2 unspecified atom stereocenters. The van der Waals surface area contributed by atoms with Crippen LogP contribution in [0.3, 0.4) is 0 Å². The molecule has 1 aliphatic heterocycles. The lowest BCUT2D eigenvalue weighted by atomic mass is 9.84. The van der Waals surface area contributed by atoms with E-state index >= 15 is 0 Å². The smallest absolute Gasteiger partial charge is 0.0198 e. The van der Waals surface area contributed by atoms with Crippen LogP contribution in [0.15, 0.2) is 0 Å². The highest BCUT2D eigenvalue weighted by molar-refractivity contribution is 4.92. The van der Waals surface area contributed by atoms with Gasteiger partial charge in [-0.25, -0.2) is 0 Å². The van der Waals surface area contributed by atoms with E-state index in [2.05, 4.69) is 10.2 Å². The molecule has 108 valence electrons. The third-order valence-electron chi connectivity index (χ3n) is 5.91. The molecule has 2 heteroatoms. The first kappa shape index (κ1) is 12.6. The number of piperidine rings is 1. The molecule has 0 aromatic heterocycles. The molecule has 4 aliphatic rings. The van der Waals surface area contributed by atoms with Crippen LogP contribution in [0.1, 0.15) is 57.8 Å². The summed E-state index contributed by atoms with van der Waals surface area (Å²) < 4.78 is 0. The van der Waals surface area contributed by atoms with Crippen LogP contribution in [-0.4, -0.2) is 36.6 Å². The molecule has 4 fully saturated rings. The first-order valence-electron chi connectivity index (χ1n) is 8.84. The van der Waals surface area contributed by atoms with E-state index in [1.54, 1.807) is 0 Å². The Morgan fingerprint density at radius 1 is 0.842 bits per heavy atom. The van der Waals surface area contributed by atoms with Crippen LogP contribution in [0.25, 0.3) is 0 Å². The Balaban J connectivity index is 1.32. The van der Waals surface area contributed by atoms with Crippen molar-refractivity contribution in [2.75, 3.05) is 19.6 Å². The van der Waals surface area contributed by atoms with E-state index in [9.17, 15) is 0 Å². The Kier molecular flexibility index (Phi) is 3.57. The Labute approximate surface area is 118 Å². The van der Waals surface area contributed by atoms with Gasteiger partial charge in [0.25, 0.3) is 0 Å². The van der Waals surface area contributed by atoms with Crippen LogP contribution in [0.2, 0.25) is 0 Å². The van der Waals surface area contributed by atoms with Gasteiger partial charge in [0.2, 0.25) is 0 Å². The van der Waals surface area contributed by atoms with Gasteiger partial charge in [-0.05, 0) is 62.8 Å². The molecule has 0 radical (unpaired) electrons. The van der Waals surface area contributed by atoms with Crippen LogP contribution in [0, 0.1) is 17.8 Å². The molecule has 0 amide bonds. The third-order valence-corrected chi connectivity index (χ3v) is 5.91. The molecule has 1 saturated heterocycles. The summed E-state index contributed by atoms with van der Waals surface area (Å²) in [5.41, 5.74) is 0. The molecule has 3 saturated carbocycles. The number of nitrogens with one attached hydrogen (secondary N) is 1. The molecular weight excluding hydrogens is 232 g/mol. The van der Waals surface area contributed by atoms with Gasteiger partial charge < -0.3 is 5.32 Å². The van der Waals surface area contributed by atoms with Gasteiger partial charge in [-0.1, -0.05) is 19.3 Å². The quantitative estimate of drug-likeness (QED) is 0.791. The van der Waals surface area contributed by atoms with E-state index in [0.717, 1.165) is 29.8 Å². The van der Waals surface area contributed by atoms with Gasteiger partial charge in [-0.15, -0.1) is 0 Å². The lowest BCUT2D eigenvalue weighted by Crippen LogP contribution is -2.54. The van der Waals surface area contributed by atoms with Crippen molar-refractivity contribution < 1.29 is 0 Å². The van der Waals surface area contributed by atoms with Crippen molar-refractivity contribution in [2.24, 2.45) is 17.8 Å². The molecule has 0 aromatic carbocycles. The normalized spacial score (nSPS) is 37.3. The highest BCUT2D eigenvalue weighted by Gasteiger charge is 2.36. The number of likely N-dealkylation sites (tertiary alicyclic amines) is 1. The van der Waals surface area contributed by atoms with Crippen LogP contribution in [0.4, 0.5) is 0 Å². The van der Waals surface area contributed by atoms with Crippen LogP contribution in [-0.2, 0) is 0 Å². The topological polar surface area (TPSA) is 15.3 Å². The maximum Gasteiger partial charge on any atom is 0.0198 e. The van der Waals surface area contributed by atoms with E-state index < -0.39 is 0 Å². The molecule has 0 spiro atoms. The SMILES string of the molecule is C1CC(N2CC(CC3CC3)CC(NCC3CC3)C2)C1. The van der Waals surface area contributed by atoms with Crippen LogP contribution < -0.4 is 5.32 Å². The Morgan fingerprint density at radius 3 is 2.26 bits per heavy atom. The minimum Gasteiger partial charge on any atom is -0.312 e. The van der Waals surface area contributed by atoms with Gasteiger partial charge in [0, 0.05) is 25.2 Å². The first-order valence-corrected chi connectivity index (χ1v) is 8.84. The van der Waals surface area contributed by atoms with Crippen molar-refractivity contribution in [3.05, 3.63) is 0 Å². The zero-order chi connectivity index (χ0) is 12.7. The fourth-order valence-corrected chi connectivity index (χ4v) is 4.09. The van der Waals surface area contributed by atoms with Gasteiger partial charge in [-0.2, -0.15) is 0 Å². The van der Waals surface area contributed by atoms with Crippen molar-refractivity contribution in [3.63, 3.8) is 0 Å². The largest absolute Gasteiger partial charge is 0.312 e. The Hall–Kier alpha value is -0.0800. The molecule has 3 aliphatic carbocycles. The molecule has 2 nitrogen and oxygen atoms in total. The Morgan fingerprint density at radius 2 is 1.63 bits per heavy atom. The number of hydrogen-bond acceptors (Lipinski definition) is 2. The third kappa shape index (κ3) is 3.33. The minimum absolute atomic E-state index is 0.804. The Bertz CT molecular complexity index is 304. The molecule has 1 heterocycles. The average molecular weight is 262 g/mol. The molecule has 19 heavy (non-hydrogen) atoms. The summed E-state index contributed by atoms with van der Waals surface area (Å²) in [6, 6.07) is 1.76. The van der Waals surface area contributed by atoms with Gasteiger partial charge in [0.05, 0.1) is 0 Å². The summed E-state index contributed by atoms with van der Waals surface area (Å²) >= 11 is 0. The summed E-state index contributed by atoms with van der Waals surface area (Å²) in [4.78, 5) is 2.85. The zero-order valence-corrected chi connectivity index (χ0v) is 12.3. The van der Waals surface area contributed by atoms with E-state index in [-0.39, 0.29) is 0 Å². The van der Waals surface area contributed by atoms with E-state index in [4.69, 9.17) is 0 Å². The second-order valence-corrected chi connectivity index (χ2v) is 7.87. The highest BCUT2D eigenvalue weighted by Crippen LogP contribution is 2.39. The molecule has 2 atom stereocenters. The molecule has 1 N–H and O–H groups in total. The average Bonchev–Trinajstić information content (AvgIpc) is 3.19.